The first-order valence-electron chi connectivity index (χ1n) is 6.74. The van der Waals surface area contributed by atoms with Gasteiger partial charge in [-0.05, 0) is 37.0 Å². The fourth-order valence-corrected chi connectivity index (χ4v) is 2.40. The molecular formula is C15H24BrNO2. The molecule has 0 aromatic heterocycles. The van der Waals surface area contributed by atoms with Crippen molar-refractivity contribution in [3.63, 3.8) is 0 Å². The Kier molecular flexibility index (Phi) is 7.42. The van der Waals surface area contributed by atoms with Gasteiger partial charge in [0.15, 0.2) is 0 Å². The van der Waals surface area contributed by atoms with E-state index in [1.54, 1.807) is 0 Å². The van der Waals surface area contributed by atoms with Crippen LogP contribution in [0.5, 0.6) is 5.75 Å². The van der Waals surface area contributed by atoms with E-state index in [2.05, 4.69) is 29.8 Å². The molecule has 0 amide bonds. The highest BCUT2D eigenvalue weighted by Gasteiger charge is 2.07. The predicted octanol–water partition coefficient (Wildman–Crippen LogP) is 3.66. The van der Waals surface area contributed by atoms with E-state index in [9.17, 15) is 0 Å². The summed E-state index contributed by atoms with van der Waals surface area (Å²) >= 11 is 3.47. The number of hydrogen-bond acceptors (Lipinski definition) is 3. The smallest absolute Gasteiger partial charge is 0.126 e. The summed E-state index contributed by atoms with van der Waals surface area (Å²) in [5.41, 5.74) is 7.86. The third kappa shape index (κ3) is 5.93. The Morgan fingerprint density at radius 3 is 2.58 bits per heavy atom. The van der Waals surface area contributed by atoms with Gasteiger partial charge in [0, 0.05) is 23.2 Å². The lowest BCUT2D eigenvalue weighted by atomic mass is 10.1. The molecule has 0 saturated carbocycles. The van der Waals surface area contributed by atoms with E-state index in [0.29, 0.717) is 25.7 Å². The van der Waals surface area contributed by atoms with Gasteiger partial charge in [-0.2, -0.15) is 0 Å². The Labute approximate surface area is 124 Å². The first kappa shape index (κ1) is 16.5. The molecule has 0 aliphatic heterocycles. The van der Waals surface area contributed by atoms with Crippen molar-refractivity contribution < 1.29 is 9.47 Å². The van der Waals surface area contributed by atoms with Crippen LogP contribution in [0, 0.1) is 12.8 Å². The average molecular weight is 330 g/mol. The molecule has 3 nitrogen and oxygen atoms in total. The van der Waals surface area contributed by atoms with E-state index in [1.807, 2.05) is 19.1 Å². The van der Waals surface area contributed by atoms with Crippen LogP contribution in [0.2, 0.25) is 0 Å². The van der Waals surface area contributed by atoms with E-state index in [-0.39, 0.29) is 0 Å². The van der Waals surface area contributed by atoms with E-state index < -0.39 is 0 Å². The van der Waals surface area contributed by atoms with Gasteiger partial charge in [0.05, 0.1) is 6.61 Å². The summed E-state index contributed by atoms with van der Waals surface area (Å²) in [6.45, 7) is 8.86. The number of aryl methyl sites for hydroxylation is 1. The summed E-state index contributed by atoms with van der Waals surface area (Å²) in [5.74, 6) is 1.57. The maximum atomic E-state index is 5.80. The zero-order chi connectivity index (χ0) is 14.3. The van der Waals surface area contributed by atoms with Crippen molar-refractivity contribution in [3.8, 4) is 5.75 Å². The monoisotopic (exact) mass is 329 g/mol. The Morgan fingerprint density at radius 1 is 1.21 bits per heavy atom. The molecule has 0 saturated heterocycles. The second-order valence-corrected chi connectivity index (χ2v) is 5.97. The molecule has 1 aromatic carbocycles. The van der Waals surface area contributed by atoms with Gasteiger partial charge in [0.2, 0.25) is 0 Å². The Bertz CT molecular complexity index is 394. The second-order valence-electron chi connectivity index (χ2n) is 5.06. The fraction of sp³-hybridized carbons (Fsp3) is 0.600. The Balaban J connectivity index is 2.41. The van der Waals surface area contributed by atoms with Gasteiger partial charge in [0.1, 0.15) is 12.4 Å². The molecule has 19 heavy (non-hydrogen) atoms. The van der Waals surface area contributed by atoms with Crippen molar-refractivity contribution >= 4 is 15.9 Å². The van der Waals surface area contributed by atoms with Crippen LogP contribution in [-0.2, 0) is 11.3 Å². The molecule has 0 bridgehead atoms. The number of hydrogen-bond donors (Lipinski definition) is 1. The summed E-state index contributed by atoms with van der Waals surface area (Å²) in [5, 5.41) is 0. The maximum absolute atomic E-state index is 5.80. The summed E-state index contributed by atoms with van der Waals surface area (Å²) < 4.78 is 12.4. The molecule has 0 atom stereocenters. The van der Waals surface area contributed by atoms with Crippen LogP contribution >= 0.6 is 15.9 Å². The van der Waals surface area contributed by atoms with Crippen LogP contribution in [0.25, 0.3) is 0 Å². The molecule has 1 rings (SSSR count). The Morgan fingerprint density at radius 2 is 1.95 bits per heavy atom. The van der Waals surface area contributed by atoms with Crippen LogP contribution in [0.15, 0.2) is 16.6 Å². The summed E-state index contributed by atoms with van der Waals surface area (Å²) in [7, 11) is 0. The molecule has 0 fully saturated rings. The molecule has 4 heteroatoms. The van der Waals surface area contributed by atoms with E-state index >= 15 is 0 Å². The number of ether oxygens (including phenoxy) is 2. The molecule has 0 spiro atoms. The minimum atomic E-state index is 0.476. The third-order valence-corrected chi connectivity index (χ3v) is 3.31. The van der Waals surface area contributed by atoms with Crippen LogP contribution in [0.1, 0.15) is 31.4 Å². The van der Waals surface area contributed by atoms with Crippen molar-refractivity contribution in [2.75, 3.05) is 19.8 Å². The van der Waals surface area contributed by atoms with Gasteiger partial charge in [0.25, 0.3) is 0 Å². The SMILES string of the molecule is Cc1cc(Br)cc(CN)c1OCCOCCC(C)C. The zero-order valence-corrected chi connectivity index (χ0v) is 13.6. The lowest BCUT2D eigenvalue weighted by Crippen LogP contribution is -2.11. The fourth-order valence-electron chi connectivity index (χ4n) is 1.78. The second kappa shape index (κ2) is 8.56. The zero-order valence-electron chi connectivity index (χ0n) is 12.0. The highest BCUT2D eigenvalue weighted by molar-refractivity contribution is 9.10. The minimum Gasteiger partial charge on any atom is -0.491 e. The van der Waals surface area contributed by atoms with Crippen molar-refractivity contribution in [2.45, 2.75) is 33.7 Å². The van der Waals surface area contributed by atoms with Crippen LogP contribution < -0.4 is 10.5 Å². The number of rotatable bonds is 8. The number of nitrogens with two attached hydrogens (primary N) is 1. The molecule has 0 unspecified atom stereocenters. The number of halogens is 1. The van der Waals surface area contributed by atoms with Gasteiger partial charge < -0.3 is 15.2 Å². The topological polar surface area (TPSA) is 44.5 Å². The van der Waals surface area contributed by atoms with Gasteiger partial charge in [-0.25, -0.2) is 0 Å². The molecule has 1 aromatic rings. The Hall–Kier alpha value is -0.580. The van der Waals surface area contributed by atoms with E-state index in [0.717, 1.165) is 34.4 Å². The molecule has 0 aliphatic rings. The van der Waals surface area contributed by atoms with Gasteiger partial charge in [-0.1, -0.05) is 29.8 Å². The van der Waals surface area contributed by atoms with Crippen molar-refractivity contribution in [1.29, 1.82) is 0 Å². The quantitative estimate of drug-likeness (QED) is 0.740. The van der Waals surface area contributed by atoms with Crippen LogP contribution in [0.4, 0.5) is 0 Å². The van der Waals surface area contributed by atoms with E-state index in [1.165, 1.54) is 0 Å². The molecule has 0 radical (unpaired) electrons. The lowest BCUT2D eigenvalue weighted by molar-refractivity contribution is 0.0921. The van der Waals surface area contributed by atoms with E-state index in [4.69, 9.17) is 15.2 Å². The van der Waals surface area contributed by atoms with Gasteiger partial charge in [-0.3, -0.25) is 0 Å². The maximum Gasteiger partial charge on any atom is 0.126 e. The molecular weight excluding hydrogens is 306 g/mol. The minimum absolute atomic E-state index is 0.476. The summed E-state index contributed by atoms with van der Waals surface area (Å²) in [6.07, 6.45) is 1.09. The first-order valence-corrected chi connectivity index (χ1v) is 7.53. The normalized spacial score (nSPS) is 11.1. The van der Waals surface area contributed by atoms with Crippen LogP contribution in [0.3, 0.4) is 0 Å². The lowest BCUT2D eigenvalue weighted by Gasteiger charge is -2.14. The van der Waals surface area contributed by atoms with Gasteiger partial charge in [-0.15, -0.1) is 0 Å². The number of benzene rings is 1. The van der Waals surface area contributed by atoms with Gasteiger partial charge >= 0.3 is 0 Å². The summed E-state index contributed by atoms with van der Waals surface area (Å²) in [4.78, 5) is 0. The highest BCUT2D eigenvalue weighted by Crippen LogP contribution is 2.27. The highest BCUT2D eigenvalue weighted by atomic mass is 79.9. The average Bonchev–Trinajstić information content (AvgIpc) is 2.34. The van der Waals surface area contributed by atoms with Crippen molar-refractivity contribution in [1.82, 2.24) is 0 Å². The predicted molar refractivity (Wildman–Crippen MR) is 82.5 cm³/mol. The van der Waals surface area contributed by atoms with Crippen molar-refractivity contribution in [2.24, 2.45) is 11.7 Å². The molecule has 0 heterocycles. The summed E-state index contributed by atoms with van der Waals surface area (Å²) in [6, 6.07) is 4.04. The van der Waals surface area contributed by atoms with Crippen molar-refractivity contribution in [3.05, 3.63) is 27.7 Å². The largest absolute Gasteiger partial charge is 0.491 e. The third-order valence-electron chi connectivity index (χ3n) is 2.85. The molecule has 2 N–H and O–H groups in total. The standard InChI is InChI=1S/C15H24BrNO2/c1-11(2)4-5-18-6-7-19-15-12(3)8-14(16)9-13(15)10-17/h8-9,11H,4-7,10,17H2,1-3H3. The molecule has 0 aliphatic carbocycles. The molecule has 108 valence electrons. The van der Waals surface area contributed by atoms with Crippen LogP contribution in [-0.4, -0.2) is 19.8 Å². The first-order chi connectivity index (χ1) is 9.04.